The van der Waals surface area contributed by atoms with Crippen molar-refractivity contribution in [3.63, 3.8) is 0 Å². The Kier molecular flexibility index (Phi) is 9.03. The van der Waals surface area contributed by atoms with Crippen molar-refractivity contribution in [1.82, 2.24) is 24.1 Å². The second kappa shape index (κ2) is 12.7. The van der Waals surface area contributed by atoms with Crippen molar-refractivity contribution in [2.75, 3.05) is 44.5 Å². The molecule has 0 spiro atoms. The number of nitrogens with one attached hydrogen (secondary N) is 1. The second-order valence-electron chi connectivity index (χ2n) is 9.96. The molecule has 40 heavy (non-hydrogen) atoms. The molecule has 2 fully saturated rings. The second-order valence-corrected chi connectivity index (χ2v) is 12.8. The van der Waals surface area contributed by atoms with E-state index in [9.17, 15) is 13.2 Å². The Morgan fingerprint density at radius 2 is 1.98 bits per heavy atom. The van der Waals surface area contributed by atoms with Crippen LogP contribution in [0.3, 0.4) is 0 Å². The molecule has 11 nitrogen and oxygen atoms in total. The number of methoxy groups -OCH3 is 1. The molecule has 1 N–H and O–H groups in total. The zero-order valence-corrected chi connectivity index (χ0v) is 24.3. The van der Waals surface area contributed by atoms with Crippen LogP contribution in [0.4, 0.5) is 5.69 Å². The van der Waals surface area contributed by atoms with Crippen molar-refractivity contribution in [1.29, 1.82) is 0 Å². The number of morpholine rings is 1. The highest BCUT2D eigenvalue weighted by molar-refractivity contribution is 7.99. The van der Waals surface area contributed by atoms with Gasteiger partial charge in [-0.25, -0.2) is 8.42 Å². The molecule has 2 aliphatic rings. The summed E-state index contributed by atoms with van der Waals surface area (Å²) in [6.45, 7) is 3.52. The molecule has 2 atom stereocenters. The van der Waals surface area contributed by atoms with Gasteiger partial charge in [-0.1, -0.05) is 31.5 Å². The fourth-order valence-electron chi connectivity index (χ4n) is 5.24. The molecule has 1 aliphatic heterocycles. The Morgan fingerprint density at radius 1 is 1.18 bits per heavy atom. The van der Waals surface area contributed by atoms with Crippen LogP contribution < -0.4 is 10.1 Å². The smallest absolute Gasteiger partial charge is 0.243 e. The Bertz CT molecular complexity index is 1430. The SMILES string of the molecule is COc1ccc(S(=O)(=O)N2CCOCC2)cc1NC(=O)CSc1nnc(-c2cccnc2)n1[C@@H]1CCCC[C@@H]1C. The van der Waals surface area contributed by atoms with E-state index in [0.29, 0.717) is 35.7 Å². The number of pyridine rings is 1. The van der Waals surface area contributed by atoms with E-state index in [4.69, 9.17) is 9.47 Å². The van der Waals surface area contributed by atoms with E-state index >= 15 is 0 Å². The summed E-state index contributed by atoms with van der Waals surface area (Å²) in [4.78, 5) is 17.5. The van der Waals surface area contributed by atoms with E-state index in [0.717, 1.165) is 30.7 Å². The number of nitrogens with zero attached hydrogens (tertiary/aromatic N) is 5. The van der Waals surface area contributed by atoms with Gasteiger partial charge in [0.15, 0.2) is 11.0 Å². The Labute approximate surface area is 238 Å². The van der Waals surface area contributed by atoms with Crippen LogP contribution in [-0.2, 0) is 19.6 Å². The topological polar surface area (TPSA) is 129 Å². The van der Waals surface area contributed by atoms with E-state index in [1.165, 1.54) is 41.7 Å². The van der Waals surface area contributed by atoms with Gasteiger partial charge in [-0.3, -0.25) is 14.3 Å². The van der Waals surface area contributed by atoms with E-state index in [2.05, 4.69) is 32.0 Å². The summed E-state index contributed by atoms with van der Waals surface area (Å²) in [6, 6.07) is 8.55. The molecule has 13 heteroatoms. The first kappa shape index (κ1) is 28.5. The zero-order chi connectivity index (χ0) is 28.1. The highest BCUT2D eigenvalue weighted by Gasteiger charge is 2.30. The van der Waals surface area contributed by atoms with Gasteiger partial charge in [-0.2, -0.15) is 4.31 Å². The summed E-state index contributed by atoms with van der Waals surface area (Å²) in [6.07, 6.45) is 7.99. The molecular weight excluding hydrogens is 552 g/mol. The fraction of sp³-hybridized carbons (Fsp3) is 0.481. The molecule has 2 aromatic heterocycles. The fourth-order valence-corrected chi connectivity index (χ4v) is 7.47. The number of benzene rings is 1. The van der Waals surface area contributed by atoms with E-state index in [1.54, 1.807) is 18.5 Å². The first-order valence-corrected chi connectivity index (χ1v) is 15.8. The number of anilines is 1. The average Bonchev–Trinajstić information content (AvgIpc) is 3.41. The minimum absolute atomic E-state index is 0.0653. The summed E-state index contributed by atoms with van der Waals surface area (Å²) >= 11 is 1.31. The van der Waals surface area contributed by atoms with Gasteiger partial charge < -0.3 is 14.8 Å². The van der Waals surface area contributed by atoms with Crippen LogP contribution in [0.1, 0.15) is 38.6 Å². The Hall–Kier alpha value is -3.00. The minimum Gasteiger partial charge on any atom is -0.495 e. The molecule has 1 saturated heterocycles. The number of carbonyl (C=O) groups is 1. The minimum atomic E-state index is -3.73. The quantitative estimate of drug-likeness (QED) is 0.372. The lowest BCUT2D eigenvalue weighted by Crippen LogP contribution is -2.40. The number of thioether (sulfide) groups is 1. The first-order chi connectivity index (χ1) is 19.4. The number of hydrogen-bond acceptors (Lipinski definition) is 9. The zero-order valence-electron chi connectivity index (χ0n) is 22.7. The number of sulfonamides is 1. The number of carbonyl (C=O) groups excluding carboxylic acids is 1. The van der Waals surface area contributed by atoms with E-state index < -0.39 is 10.0 Å². The first-order valence-electron chi connectivity index (χ1n) is 13.4. The van der Waals surface area contributed by atoms with Crippen LogP contribution in [0.25, 0.3) is 11.4 Å². The van der Waals surface area contributed by atoms with Crippen molar-refractivity contribution in [3.8, 4) is 17.1 Å². The average molecular weight is 587 g/mol. The normalized spacial score (nSPS) is 20.2. The van der Waals surface area contributed by atoms with Crippen molar-refractivity contribution < 1.29 is 22.7 Å². The lowest BCUT2D eigenvalue weighted by molar-refractivity contribution is -0.113. The maximum atomic E-state index is 13.2. The molecular formula is C27H34N6O5S2. The predicted molar refractivity (Wildman–Crippen MR) is 152 cm³/mol. The largest absolute Gasteiger partial charge is 0.495 e. The number of hydrogen-bond donors (Lipinski definition) is 1. The molecule has 1 amide bonds. The lowest BCUT2D eigenvalue weighted by atomic mass is 9.85. The molecule has 214 valence electrons. The summed E-state index contributed by atoms with van der Waals surface area (Å²) in [7, 11) is -2.26. The Balaban J connectivity index is 1.35. The number of rotatable bonds is 9. The monoisotopic (exact) mass is 586 g/mol. The highest BCUT2D eigenvalue weighted by Crippen LogP contribution is 2.39. The molecule has 1 aromatic carbocycles. The molecule has 0 unspecified atom stereocenters. The molecule has 0 radical (unpaired) electrons. The van der Waals surface area contributed by atoms with Crippen LogP contribution >= 0.6 is 11.8 Å². The van der Waals surface area contributed by atoms with Gasteiger partial charge in [-0.05, 0) is 49.1 Å². The van der Waals surface area contributed by atoms with Gasteiger partial charge in [0.25, 0.3) is 0 Å². The van der Waals surface area contributed by atoms with Gasteiger partial charge in [-0.15, -0.1) is 10.2 Å². The number of ether oxygens (including phenoxy) is 2. The molecule has 0 bridgehead atoms. The number of aromatic nitrogens is 4. The predicted octanol–water partition coefficient (Wildman–Crippen LogP) is 3.85. The van der Waals surface area contributed by atoms with Crippen LogP contribution in [0.15, 0.2) is 52.8 Å². The van der Waals surface area contributed by atoms with Gasteiger partial charge in [0, 0.05) is 37.1 Å². The Morgan fingerprint density at radius 3 is 2.70 bits per heavy atom. The van der Waals surface area contributed by atoms with Crippen molar-refractivity contribution >= 4 is 33.4 Å². The van der Waals surface area contributed by atoms with Crippen molar-refractivity contribution in [2.45, 2.75) is 48.7 Å². The molecule has 3 aromatic rings. The number of amides is 1. The standard InChI is InChI=1S/C27H34N6O5S2/c1-19-6-3-4-8-23(19)33-26(20-7-5-11-28-17-20)30-31-27(33)39-18-25(34)29-22-16-21(9-10-24(22)37-2)40(35,36)32-12-14-38-15-13-32/h5,7,9-11,16-17,19,23H,3-4,6,8,12-15,18H2,1-2H3,(H,29,34)/t19-,23+/m0/s1. The van der Waals surface area contributed by atoms with Crippen LogP contribution in [0.5, 0.6) is 5.75 Å². The van der Waals surface area contributed by atoms with E-state index in [1.807, 2.05) is 12.1 Å². The van der Waals surface area contributed by atoms with E-state index in [-0.39, 0.29) is 35.7 Å². The molecule has 1 aliphatic carbocycles. The molecule has 3 heterocycles. The summed E-state index contributed by atoms with van der Waals surface area (Å²) in [5.74, 6) is 1.33. The third-order valence-electron chi connectivity index (χ3n) is 7.37. The maximum Gasteiger partial charge on any atom is 0.243 e. The van der Waals surface area contributed by atoms with Gasteiger partial charge >= 0.3 is 0 Å². The molecule has 1 saturated carbocycles. The van der Waals surface area contributed by atoms with Crippen LogP contribution in [0, 0.1) is 5.92 Å². The highest BCUT2D eigenvalue weighted by atomic mass is 32.2. The maximum absolute atomic E-state index is 13.2. The van der Waals surface area contributed by atoms with Crippen molar-refractivity contribution in [2.24, 2.45) is 5.92 Å². The summed E-state index contributed by atoms with van der Waals surface area (Å²) < 4.78 is 40.6. The van der Waals surface area contributed by atoms with Gasteiger partial charge in [0.2, 0.25) is 15.9 Å². The molecule has 5 rings (SSSR count). The third-order valence-corrected chi connectivity index (χ3v) is 10.2. The van der Waals surface area contributed by atoms with Crippen LogP contribution in [0.2, 0.25) is 0 Å². The lowest BCUT2D eigenvalue weighted by Gasteiger charge is -2.31. The van der Waals surface area contributed by atoms with Gasteiger partial charge in [0.05, 0.1) is 36.7 Å². The van der Waals surface area contributed by atoms with Crippen LogP contribution in [-0.4, -0.2) is 77.5 Å². The third kappa shape index (κ3) is 6.17. The van der Waals surface area contributed by atoms with Crippen molar-refractivity contribution in [3.05, 3.63) is 42.7 Å². The summed E-state index contributed by atoms with van der Waals surface area (Å²) in [5.41, 5.74) is 1.17. The van der Waals surface area contributed by atoms with Gasteiger partial charge in [0.1, 0.15) is 5.75 Å². The summed E-state index contributed by atoms with van der Waals surface area (Å²) in [5, 5.41) is 12.5.